The Balaban J connectivity index is 0.00000199. The van der Waals surface area contributed by atoms with Gasteiger partial charge < -0.3 is 4.90 Å². The van der Waals surface area contributed by atoms with Crippen molar-refractivity contribution in [3.63, 3.8) is 0 Å². The summed E-state index contributed by atoms with van der Waals surface area (Å²) in [4.78, 5) is 3.73. The van der Waals surface area contributed by atoms with E-state index in [0.717, 1.165) is 19.4 Å². The maximum Gasteiger partial charge on any atom is 0.0482 e. The number of rotatable bonds is 7. The fourth-order valence-corrected chi connectivity index (χ4v) is 6.13. The van der Waals surface area contributed by atoms with Gasteiger partial charge in [0.05, 0.1) is 0 Å². The number of hydrogen-bond donors (Lipinski definition) is 0. The summed E-state index contributed by atoms with van der Waals surface area (Å²) in [7, 11) is 0. The van der Waals surface area contributed by atoms with E-state index in [1.165, 1.54) is 44.8 Å². The number of anilines is 1. The zero-order valence-electron chi connectivity index (χ0n) is 22.7. The maximum atomic E-state index is 4.07. The van der Waals surface area contributed by atoms with E-state index in [1.807, 2.05) is 25.6 Å². The monoisotopic (exact) mass is 475 g/mol. The molecule has 0 aromatic heterocycles. The van der Waals surface area contributed by atoms with Crippen LogP contribution in [0.5, 0.6) is 0 Å². The van der Waals surface area contributed by atoms with Crippen LogP contribution >= 0.6 is 11.8 Å². The molecule has 3 rings (SSSR count). The van der Waals surface area contributed by atoms with Crippen molar-refractivity contribution in [3.05, 3.63) is 93.7 Å². The number of aryl methyl sites for hydroxylation is 4. The summed E-state index contributed by atoms with van der Waals surface area (Å²) >= 11 is 1.93. The van der Waals surface area contributed by atoms with Crippen molar-refractivity contribution < 1.29 is 0 Å². The Morgan fingerprint density at radius 2 is 1.62 bits per heavy atom. The van der Waals surface area contributed by atoms with Crippen LogP contribution in [-0.2, 0) is 13.0 Å². The van der Waals surface area contributed by atoms with Crippen LogP contribution in [0, 0.1) is 32.6 Å². The second kappa shape index (κ2) is 13.7. The van der Waals surface area contributed by atoms with Crippen LogP contribution in [0.15, 0.2) is 65.9 Å². The molecule has 0 radical (unpaired) electrons. The quantitative estimate of drug-likeness (QED) is 0.290. The van der Waals surface area contributed by atoms with Crippen molar-refractivity contribution in [2.75, 3.05) is 4.90 Å². The molecule has 2 heteroatoms. The standard InChI is InChI=1S/C30H39NS.C2H6/c1-8-10-26-11-13-27(14-12-26)20-31(30-23(5)17-21(3)18-24(30)6)16-15-28-19-22(4)25(7)29(9-2)32-28;1-2/h9,11-14,16-18,22,25,29H,2,8,10,19-20H2,1,3-7H3;1-2H3. The third-order valence-corrected chi connectivity index (χ3v) is 8.12. The predicted molar refractivity (Wildman–Crippen MR) is 155 cm³/mol. The molecule has 1 fully saturated rings. The molecule has 0 spiro atoms. The minimum Gasteiger partial charge on any atom is -0.336 e. The molecule has 1 saturated heterocycles. The van der Waals surface area contributed by atoms with Crippen LogP contribution in [0.2, 0.25) is 0 Å². The first-order chi connectivity index (χ1) is 16.3. The van der Waals surface area contributed by atoms with Gasteiger partial charge in [-0.3, -0.25) is 0 Å². The molecule has 1 nitrogen and oxygen atoms in total. The highest BCUT2D eigenvalue weighted by atomic mass is 32.2. The van der Waals surface area contributed by atoms with Crippen molar-refractivity contribution in [2.24, 2.45) is 11.8 Å². The average Bonchev–Trinajstić information content (AvgIpc) is 2.81. The van der Waals surface area contributed by atoms with Gasteiger partial charge in [-0.25, -0.2) is 0 Å². The number of hydrogen-bond acceptors (Lipinski definition) is 2. The number of benzene rings is 2. The molecule has 0 N–H and O–H groups in total. The van der Waals surface area contributed by atoms with Crippen molar-refractivity contribution in [1.82, 2.24) is 0 Å². The van der Waals surface area contributed by atoms with Gasteiger partial charge >= 0.3 is 0 Å². The summed E-state index contributed by atoms with van der Waals surface area (Å²) in [5.74, 6) is 1.31. The van der Waals surface area contributed by atoms with E-state index in [1.54, 1.807) is 0 Å². The van der Waals surface area contributed by atoms with E-state index in [4.69, 9.17) is 0 Å². The molecular formula is C32H45NS. The maximum absolute atomic E-state index is 4.07. The molecule has 184 valence electrons. The largest absolute Gasteiger partial charge is 0.336 e. The van der Waals surface area contributed by atoms with Gasteiger partial charge in [-0.2, -0.15) is 0 Å². The Morgan fingerprint density at radius 1 is 1.03 bits per heavy atom. The van der Waals surface area contributed by atoms with E-state index in [-0.39, 0.29) is 0 Å². The minimum atomic E-state index is 0.469. The van der Waals surface area contributed by atoms with Crippen LogP contribution < -0.4 is 4.90 Å². The summed E-state index contributed by atoms with van der Waals surface area (Å²) in [6.07, 6.45) is 7.72. The lowest BCUT2D eigenvalue weighted by molar-refractivity contribution is 0.391. The van der Waals surface area contributed by atoms with Gasteiger partial charge in [0.2, 0.25) is 0 Å². The molecule has 1 aliphatic heterocycles. The third kappa shape index (κ3) is 7.42. The van der Waals surface area contributed by atoms with Crippen LogP contribution in [0.4, 0.5) is 5.69 Å². The van der Waals surface area contributed by atoms with E-state index in [9.17, 15) is 0 Å². The topological polar surface area (TPSA) is 3.24 Å². The molecule has 0 saturated carbocycles. The van der Waals surface area contributed by atoms with Gasteiger partial charge in [0.1, 0.15) is 0 Å². The van der Waals surface area contributed by atoms with Gasteiger partial charge in [-0.05, 0) is 67.7 Å². The molecule has 34 heavy (non-hydrogen) atoms. The van der Waals surface area contributed by atoms with Gasteiger partial charge in [0.25, 0.3) is 0 Å². The first-order valence-corrected chi connectivity index (χ1v) is 13.9. The summed E-state index contributed by atoms with van der Waals surface area (Å²) < 4.78 is 0. The molecule has 0 aliphatic carbocycles. The van der Waals surface area contributed by atoms with Gasteiger partial charge in [-0.15, -0.1) is 18.3 Å². The van der Waals surface area contributed by atoms with Crippen molar-refractivity contribution in [2.45, 2.75) is 86.4 Å². The third-order valence-electron chi connectivity index (χ3n) is 6.65. The predicted octanol–water partition coefficient (Wildman–Crippen LogP) is 9.56. The first kappa shape index (κ1) is 28.1. The van der Waals surface area contributed by atoms with Crippen LogP contribution in [-0.4, -0.2) is 5.25 Å². The van der Waals surface area contributed by atoms with Crippen LogP contribution in [0.25, 0.3) is 0 Å². The van der Waals surface area contributed by atoms with Crippen molar-refractivity contribution in [3.8, 4) is 0 Å². The Morgan fingerprint density at radius 3 is 2.18 bits per heavy atom. The highest BCUT2D eigenvalue weighted by Crippen LogP contribution is 2.42. The lowest BCUT2D eigenvalue weighted by Gasteiger charge is -2.32. The number of thioether (sulfide) groups is 1. The molecule has 2 aromatic carbocycles. The normalized spacial score (nSPS) is 19.5. The molecule has 1 heterocycles. The molecular weight excluding hydrogens is 430 g/mol. The SMILES string of the molecule is C=CC1SC(=C=CN(Cc2ccc(CCC)cc2)c2c(C)cc(C)cc2C)CC(C)C1C.CC. The summed E-state index contributed by atoms with van der Waals surface area (Å²) in [6.45, 7) is 22.5. The molecule has 3 unspecified atom stereocenters. The fraction of sp³-hybridized carbons (Fsp3) is 0.469. The van der Waals surface area contributed by atoms with E-state index in [0.29, 0.717) is 17.1 Å². The second-order valence-corrected chi connectivity index (χ2v) is 10.8. The Hall–Kier alpha value is -2.15. The van der Waals surface area contributed by atoms with Crippen molar-refractivity contribution in [1.29, 1.82) is 0 Å². The number of nitrogens with zero attached hydrogens (tertiary/aromatic N) is 1. The van der Waals surface area contributed by atoms with Gasteiger partial charge in [0.15, 0.2) is 0 Å². The van der Waals surface area contributed by atoms with Crippen LogP contribution in [0.3, 0.4) is 0 Å². The molecule has 0 amide bonds. The average molecular weight is 476 g/mol. The molecule has 1 aliphatic rings. The Labute approximate surface area is 214 Å². The van der Waals surface area contributed by atoms with Gasteiger partial charge in [-0.1, -0.05) is 94.8 Å². The molecule has 0 bridgehead atoms. The lowest BCUT2D eigenvalue weighted by atomic mass is 9.89. The van der Waals surface area contributed by atoms with E-state index < -0.39 is 0 Å². The second-order valence-electron chi connectivity index (χ2n) is 9.50. The van der Waals surface area contributed by atoms with Gasteiger partial charge in [0, 0.05) is 28.6 Å². The Bertz CT molecular complexity index is 971. The summed E-state index contributed by atoms with van der Waals surface area (Å²) in [5.41, 5.74) is 11.7. The zero-order chi connectivity index (χ0) is 25.3. The zero-order valence-corrected chi connectivity index (χ0v) is 23.6. The minimum absolute atomic E-state index is 0.469. The van der Waals surface area contributed by atoms with E-state index in [2.05, 4.69) is 107 Å². The summed E-state index contributed by atoms with van der Waals surface area (Å²) in [5, 5.41) is 0.469. The first-order valence-electron chi connectivity index (χ1n) is 13.0. The smallest absolute Gasteiger partial charge is 0.0482 e. The summed E-state index contributed by atoms with van der Waals surface area (Å²) in [6, 6.07) is 13.7. The highest BCUT2D eigenvalue weighted by Gasteiger charge is 2.28. The molecule has 3 atom stereocenters. The lowest BCUT2D eigenvalue weighted by Crippen LogP contribution is -2.24. The fourth-order valence-electron chi connectivity index (χ4n) is 4.74. The Kier molecular flexibility index (Phi) is 11.3. The number of allylic oxidation sites excluding steroid dienone is 1. The van der Waals surface area contributed by atoms with Crippen molar-refractivity contribution >= 4 is 17.4 Å². The highest BCUT2D eigenvalue weighted by molar-refractivity contribution is 8.03. The van der Waals surface area contributed by atoms with E-state index >= 15 is 0 Å². The van der Waals surface area contributed by atoms with Crippen LogP contribution in [0.1, 0.15) is 75.3 Å². The molecule has 2 aromatic rings.